The minimum atomic E-state index is -3.83. The van der Waals surface area contributed by atoms with Crippen LogP contribution in [0.4, 0.5) is 0 Å². The number of fused-ring (bicyclic) bond motifs is 1. The van der Waals surface area contributed by atoms with Gasteiger partial charge in [0.15, 0.2) is 0 Å². The lowest BCUT2D eigenvalue weighted by molar-refractivity contribution is -0.137. The Morgan fingerprint density at radius 3 is 2.73 bits per heavy atom. The molecule has 0 unspecified atom stereocenters. The number of nitrogens with zero attached hydrogens (tertiary/aromatic N) is 3. The predicted molar refractivity (Wildman–Crippen MR) is 97.3 cm³/mol. The van der Waals surface area contributed by atoms with Crippen molar-refractivity contribution in [3.63, 3.8) is 0 Å². The number of aromatic nitrogens is 2. The zero-order chi connectivity index (χ0) is 18.7. The van der Waals surface area contributed by atoms with Crippen LogP contribution in [0.1, 0.15) is 31.5 Å². The lowest BCUT2D eigenvalue weighted by atomic mass is 10.0. The number of aryl methyl sites for hydroxylation is 1. The number of esters is 1. The third-order valence-electron chi connectivity index (χ3n) is 3.86. The van der Waals surface area contributed by atoms with Crippen LogP contribution in [0.5, 0.6) is 0 Å². The Bertz CT molecular complexity index is 1000. The monoisotopic (exact) mass is 373 g/mol. The van der Waals surface area contributed by atoms with Crippen LogP contribution in [0.2, 0.25) is 0 Å². The van der Waals surface area contributed by atoms with Crippen LogP contribution in [0.3, 0.4) is 0 Å². The van der Waals surface area contributed by atoms with Crippen molar-refractivity contribution in [2.75, 3.05) is 6.61 Å². The van der Waals surface area contributed by atoms with E-state index in [-0.39, 0.29) is 22.8 Å². The number of rotatable bonds is 6. The Hall–Kier alpha value is -2.74. The second kappa shape index (κ2) is 7.25. The summed E-state index contributed by atoms with van der Waals surface area (Å²) in [4.78, 5) is 12.6. The highest BCUT2D eigenvalue weighted by Crippen LogP contribution is 2.30. The molecule has 0 atom stereocenters. The molecule has 0 amide bonds. The van der Waals surface area contributed by atoms with Gasteiger partial charge in [0.1, 0.15) is 0 Å². The Balaban J connectivity index is 2.16. The fourth-order valence-electron chi connectivity index (χ4n) is 2.74. The van der Waals surface area contributed by atoms with E-state index in [0.29, 0.717) is 17.8 Å². The van der Waals surface area contributed by atoms with E-state index in [1.165, 1.54) is 6.07 Å². The third kappa shape index (κ3) is 3.32. The molecule has 1 aliphatic rings. The molecule has 26 heavy (non-hydrogen) atoms. The van der Waals surface area contributed by atoms with Crippen LogP contribution < -0.4 is 0 Å². The van der Waals surface area contributed by atoms with Crippen molar-refractivity contribution < 1.29 is 17.9 Å². The fourth-order valence-corrected chi connectivity index (χ4v) is 3.97. The molecule has 1 aliphatic heterocycles. The molecule has 2 aromatic rings. The SMILES string of the molecule is CCCn1nccc1/C=C(\C(=O)OCC)C1=NS(=O)(=O)c2ccccc21. The Morgan fingerprint density at radius 1 is 1.23 bits per heavy atom. The zero-order valence-electron chi connectivity index (χ0n) is 14.5. The molecule has 0 saturated carbocycles. The van der Waals surface area contributed by atoms with Gasteiger partial charge in [-0.1, -0.05) is 25.1 Å². The van der Waals surface area contributed by atoms with E-state index in [1.807, 2.05) is 6.92 Å². The number of ether oxygens (including phenoxy) is 1. The largest absolute Gasteiger partial charge is 0.462 e. The van der Waals surface area contributed by atoms with Crippen LogP contribution in [0, 0.1) is 0 Å². The van der Waals surface area contributed by atoms with Crippen molar-refractivity contribution in [2.24, 2.45) is 4.40 Å². The molecule has 0 fully saturated rings. The molecule has 0 radical (unpaired) electrons. The van der Waals surface area contributed by atoms with Gasteiger partial charge < -0.3 is 4.74 Å². The van der Waals surface area contributed by atoms with Gasteiger partial charge in [-0.25, -0.2) is 4.79 Å². The summed E-state index contributed by atoms with van der Waals surface area (Å²) >= 11 is 0. The lowest BCUT2D eigenvalue weighted by Crippen LogP contribution is -2.16. The average molecular weight is 373 g/mol. The molecule has 0 spiro atoms. The first kappa shape index (κ1) is 18.1. The highest BCUT2D eigenvalue weighted by Gasteiger charge is 2.33. The first-order chi connectivity index (χ1) is 12.5. The molecule has 7 nitrogen and oxygen atoms in total. The summed E-state index contributed by atoms with van der Waals surface area (Å²) < 4.78 is 35.4. The van der Waals surface area contributed by atoms with Gasteiger partial charge in [-0.05, 0) is 31.6 Å². The normalized spacial score (nSPS) is 15.5. The maximum absolute atomic E-state index is 12.6. The van der Waals surface area contributed by atoms with E-state index >= 15 is 0 Å². The van der Waals surface area contributed by atoms with Crippen molar-refractivity contribution in [1.82, 2.24) is 9.78 Å². The van der Waals surface area contributed by atoms with Crippen LogP contribution in [-0.4, -0.2) is 36.5 Å². The molecule has 3 rings (SSSR count). The van der Waals surface area contributed by atoms with Gasteiger partial charge >= 0.3 is 5.97 Å². The number of hydrogen-bond donors (Lipinski definition) is 0. The van der Waals surface area contributed by atoms with Gasteiger partial charge in [-0.2, -0.15) is 17.9 Å². The van der Waals surface area contributed by atoms with E-state index in [9.17, 15) is 13.2 Å². The zero-order valence-corrected chi connectivity index (χ0v) is 15.4. The van der Waals surface area contributed by atoms with Crippen LogP contribution >= 0.6 is 0 Å². The molecule has 8 heteroatoms. The first-order valence-corrected chi connectivity index (χ1v) is 9.77. The van der Waals surface area contributed by atoms with Crippen molar-refractivity contribution in [2.45, 2.75) is 31.7 Å². The van der Waals surface area contributed by atoms with E-state index < -0.39 is 16.0 Å². The molecule has 1 aromatic heterocycles. The second-order valence-corrected chi connectivity index (χ2v) is 7.24. The standard InChI is InChI=1S/C18H19N3O4S/c1-3-11-21-13(9-10-19-21)12-15(18(22)25-4-2)17-14-7-5-6-8-16(14)26(23,24)20-17/h5-10,12H,3-4,11H2,1-2H3/b15-12-. The number of carbonyl (C=O) groups is 1. The average Bonchev–Trinajstić information content (AvgIpc) is 3.16. The van der Waals surface area contributed by atoms with Gasteiger partial charge in [0.05, 0.1) is 28.5 Å². The number of benzene rings is 1. The smallest absolute Gasteiger partial charge is 0.340 e. The molecular formula is C18H19N3O4S. The highest BCUT2D eigenvalue weighted by molar-refractivity contribution is 7.90. The maximum atomic E-state index is 12.6. The Labute approximate surface area is 152 Å². The van der Waals surface area contributed by atoms with E-state index in [2.05, 4.69) is 9.50 Å². The van der Waals surface area contributed by atoms with E-state index in [1.54, 1.807) is 48.1 Å². The minimum absolute atomic E-state index is 0.0901. The number of sulfonamides is 1. The summed E-state index contributed by atoms with van der Waals surface area (Å²) in [6.07, 6.45) is 4.08. The molecule has 0 bridgehead atoms. The highest BCUT2D eigenvalue weighted by atomic mass is 32.2. The summed E-state index contributed by atoms with van der Waals surface area (Å²) in [5.41, 5.74) is 1.27. The molecule has 0 N–H and O–H groups in total. The summed E-state index contributed by atoms with van der Waals surface area (Å²) in [7, 11) is -3.83. The Morgan fingerprint density at radius 2 is 2.00 bits per heavy atom. The van der Waals surface area contributed by atoms with Crippen molar-refractivity contribution in [3.05, 3.63) is 53.4 Å². The van der Waals surface area contributed by atoms with Crippen LogP contribution in [0.15, 0.2) is 51.4 Å². The van der Waals surface area contributed by atoms with Crippen molar-refractivity contribution in [1.29, 1.82) is 0 Å². The van der Waals surface area contributed by atoms with Crippen molar-refractivity contribution in [3.8, 4) is 0 Å². The maximum Gasteiger partial charge on any atom is 0.340 e. The molecule has 2 heterocycles. The molecule has 0 aliphatic carbocycles. The topological polar surface area (TPSA) is 90.6 Å². The van der Waals surface area contributed by atoms with E-state index in [4.69, 9.17) is 4.74 Å². The predicted octanol–water partition coefficient (Wildman–Crippen LogP) is 2.43. The van der Waals surface area contributed by atoms with Gasteiger partial charge in [-0.3, -0.25) is 4.68 Å². The molecular weight excluding hydrogens is 354 g/mol. The minimum Gasteiger partial charge on any atom is -0.462 e. The third-order valence-corrected chi connectivity index (χ3v) is 5.19. The number of hydrogen-bond acceptors (Lipinski definition) is 5. The second-order valence-electron chi connectivity index (χ2n) is 5.67. The summed E-state index contributed by atoms with van der Waals surface area (Å²) in [6, 6.07) is 8.20. The van der Waals surface area contributed by atoms with Crippen molar-refractivity contribution >= 4 is 27.8 Å². The molecule has 136 valence electrons. The van der Waals surface area contributed by atoms with Crippen LogP contribution in [-0.2, 0) is 26.1 Å². The summed E-state index contributed by atoms with van der Waals surface area (Å²) in [5.74, 6) is -0.623. The fraction of sp³-hybridized carbons (Fsp3) is 0.278. The van der Waals surface area contributed by atoms with E-state index in [0.717, 1.165) is 6.42 Å². The number of carbonyl (C=O) groups excluding carboxylic acids is 1. The molecule has 1 aromatic carbocycles. The first-order valence-electron chi connectivity index (χ1n) is 8.33. The summed E-state index contributed by atoms with van der Waals surface area (Å²) in [5, 5.41) is 4.23. The van der Waals surface area contributed by atoms with Gasteiger partial charge in [0, 0.05) is 18.3 Å². The quantitative estimate of drug-likeness (QED) is 0.573. The van der Waals surface area contributed by atoms with Crippen LogP contribution in [0.25, 0.3) is 6.08 Å². The molecule has 0 saturated heterocycles. The Kier molecular flexibility index (Phi) is 5.03. The summed E-state index contributed by atoms with van der Waals surface area (Å²) in [6.45, 7) is 4.56. The van der Waals surface area contributed by atoms with Gasteiger partial charge in [0.2, 0.25) is 0 Å². The lowest BCUT2D eigenvalue weighted by Gasteiger charge is -2.09. The van der Waals surface area contributed by atoms with Gasteiger partial charge in [-0.15, -0.1) is 0 Å². The van der Waals surface area contributed by atoms with Gasteiger partial charge in [0.25, 0.3) is 10.0 Å².